The summed E-state index contributed by atoms with van der Waals surface area (Å²) in [5, 5.41) is 3.51. The average molecular weight is 441 g/mol. The second-order valence-corrected chi connectivity index (χ2v) is 6.42. The van der Waals surface area contributed by atoms with Crippen LogP contribution in [-0.4, -0.2) is 47.1 Å². The van der Waals surface area contributed by atoms with Gasteiger partial charge in [-0.3, -0.25) is 4.99 Å². The van der Waals surface area contributed by atoms with Gasteiger partial charge in [0.25, 0.3) is 0 Å². The molecule has 132 valence electrons. The summed E-state index contributed by atoms with van der Waals surface area (Å²) in [5.41, 5.74) is 2.28. The Morgan fingerprint density at radius 1 is 1.29 bits per heavy atom. The third-order valence-corrected chi connectivity index (χ3v) is 4.68. The lowest BCUT2D eigenvalue weighted by molar-refractivity contribution is 0.273. The number of aromatic nitrogens is 2. The van der Waals surface area contributed by atoms with Crippen molar-refractivity contribution in [3.05, 3.63) is 30.6 Å². The quantitative estimate of drug-likeness (QED) is 0.343. The van der Waals surface area contributed by atoms with Gasteiger partial charge < -0.3 is 14.8 Å². The summed E-state index contributed by atoms with van der Waals surface area (Å²) in [4.78, 5) is 11.3. The first kappa shape index (κ1) is 19.0. The van der Waals surface area contributed by atoms with Crippen LogP contribution in [0.2, 0.25) is 0 Å². The third-order valence-electron chi connectivity index (χ3n) is 4.68. The highest BCUT2D eigenvalue weighted by Gasteiger charge is 2.18. The van der Waals surface area contributed by atoms with Crippen LogP contribution >= 0.6 is 24.0 Å². The van der Waals surface area contributed by atoms with Gasteiger partial charge in [0.05, 0.1) is 17.4 Å². The molecule has 1 aromatic heterocycles. The summed E-state index contributed by atoms with van der Waals surface area (Å²) < 4.78 is 2.22. The van der Waals surface area contributed by atoms with Crippen LogP contribution < -0.4 is 5.32 Å². The lowest BCUT2D eigenvalue weighted by atomic mass is 10.00. The number of benzene rings is 1. The molecule has 0 radical (unpaired) electrons. The maximum atomic E-state index is 4.44. The van der Waals surface area contributed by atoms with Gasteiger partial charge in [0.2, 0.25) is 0 Å². The Balaban J connectivity index is 0.00000208. The number of aryl methyl sites for hydroxylation is 1. The SMILES string of the molecule is CN=C(NCCCn1cnc2ccccc21)N1CCC(C)CC1.I. The van der Waals surface area contributed by atoms with Crippen molar-refractivity contribution < 1.29 is 0 Å². The van der Waals surface area contributed by atoms with Crippen LogP contribution in [0.4, 0.5) is 0 Å². The number of halogens is 1. The normalized spacial score (nSPS) is 16.2. The standard InChI is InChI=1S/C18H27N5.HI/c1-15-8-12-22(13-9-15)18(19-2)20-10-5-11-23-14-21-16-6-3-4-7-17(16)23;/h3-4,6-7,14-15H,5,8-13H2,1-2H3,(H,19,20);1H. The molecule has 24 heavy (non-hydrogen) atoms. The van der Waals surface area contributed by atoms with Crippen molar-refractivity contribution in [1.29, 1.82) is 0 Å². The summed E-state index contributed by atoms with van der Waals surface area (Å²) in [5.74, 6) is 1.89. The van der Waals surface area contributed by atoms with E-state index >= 15 is 0 Å². The molecule has 0 aliphatic carbocycles. The molecular formula is C18H28IN5. The van der Waals surface area contributed by atoms with Crippen molar-refractivity contribution in [2.24, 2.45) is 10.9 Å². The van der Waals surface area contributed by atoms with Crippen LogP contribution in [0.15, 0.2) is 35.6 Å². The molecule has 3 rings (SSSR count). The minimum absolute atomic E-state index is 0. The highest BCUT2D eigenvalue weighted by Crippen LogP contribution is 2.16. The summed E-state index contributed by atoms with van der Waals surface area (Å²) in [7, 11) is 1.88. The molecule has 1 fully saturated rings. The number of fused-ring (bicyclic) bond motifs is 1. The molecule has 1 saturated heterocycles. The van der Waals surface area contributed by atoms with E-state index < -0.39 is 0 Å². The predicted molar refractivity (Wildman–Crippen MR) is 111 cm³/mol. The minimum Gasteiger partial charge on any atom is -0.356 e. The van der Waals surface area contributed by atoms with Gasteiger partial charge in [-0.1, -0.05) is 19.1 Å². The fraction of sp³-hybridized carbons (Fsp3) is 0.556. The van der Waals surface area contributed by atoms with Crippen LogP contribution in [0.3, 0.4) is 0 Å². The van der Waals surface area contributed by atoms with E-state index in [1.807, 2.05) is 19.4 Å². The number of likely N-dealkylation sites (tertiary alicyclic amines) is 1. The van der Waals surface area contributed by atoms with Crippen molar-refractivity contribution in [1.82, 2.24) is 19.8 Å². The molecule has 0 bridgehead atoms. The minimum atomic E-state index is 0. The molecule has 0 atom stereocenters. The summed E-state index contributed by atoms with van der Waals surface area (Å²) in [6.45, 7) is 6.48. The number of imidazole rings is 1. The zero-order valence-corrected chi connectivity index (χ0v) is 16.9. The first-order valence-electron chi connectivity index (χ1n) is 8.63. The van der Waals surface area contributed by atoms with E-state index in [2.05, 4.69) is 49.9 Å². The van der Waals surface area contributed by atoms with Gasteiger partial charge in [0.1, 0.15) is 0 Å². The highest BCUT2D eigenvalue weighted by molar-refractivity contribution is 14.0. The Morgan fingerprint density at radius 2 is 2.04 bits per heavy atom. The van der Waals surface area contributed by atoms with E-state index in [9.17, 15) is 0 Å². The monoisotopic (exact) mass is 441 g/mol. The van der Waals surface area contributed by atoms with E-state index in [4.69, 9.17) is 0 Å². The maximum absolute atomic E-state index is 4.44. The lowest BCUT2D eigenvalue weighted by Crippen LogP contribution is -2.45. The topological polar surface area (TPSA) is 45.5 Å². The number of hydrogen-bond donors (Lipinski definition) is 1. The van der Waals surface area contributed by atoms with Crippen LogP contribution in [0.1, 0.15) is 26.2 Å². The number of rotatable bonds is 4. The number of nitrogens with one attached hydrogen (secondary N) is 1. The molecular weight excluding hydrogens is 413 g/mol. The number of guanidine groups is 1. The lowest BCUT2D eigenvalue weighted by Gasteiger charge is -2.32. The first-order valence-corrected chi connectivity index (χ1v) is 8.63. The van der Waals surface area contributed by atoms with Gasteiger partial charge in [-0.2, -0.15) is 0 Å². The Labute approximate surface area is 161 Å². The number of piperidine rings is 1. The second kappa shape index (κ2) is 9.25. The molecule has 5 nitrogen and oxygen atoms in total. The molecule has 0 saturated carbocycles. The summed E-state index contributed by atoms with van der Waals surface area (Å²) in [6.07, 6.45) is 5.53. The van der Waals surface area contributed by atoms with Crippen molar-refractivity contribution in [2.75, 3.05) is 26.7 Å². The van der Waals surface area contributed by atoms with Crippen LogP contribution in [0, 0.1) is 5.92 Å². The second-order valence-electron chi connectivity index (χ2n) is 6.42. The van der Waals surface area contributed by atoms with Crippen molar-refractivity contribution >= 4 is 41.0 Å². The third kappa shape index (κ3) is 4.62. The van der Waals surface area contributed by atoms with Gasteiger partial charge in [-0.05, 0) is 37.3 Å². The predicted octanol–water partition coefficient (Wildman–Crippen LogP) is 3.35. The fourth-order valence-corrected chi connectivity index (χ4v) is 3.19. The van der Waals surface area contributed by atoms with Crippen molar-refractivity contribution in [3.63, 3.8) is 0 Å². The van der Waals surface area contributed by atoms with Gasteiger partial charge in [0.15, 0.2) is 5.96 Å². The highest BCUT2D eigenvalue weighted by atomic mass is 127. The molecule has 2 heterocycles. The van der Waals surface area contributed by atoms with E-state index in [-0.39, 0.29) is 24.0 Å². The van der Waals surface area contributed by atoms with Crippen LogP contribution in [0.25, 0.3) is 11.0 Å². The van der Waals surface area contributed by atoms with E-state index in [1.165, 1.54) is 18.4 Å². The van der Waals surface area contributed by atoms with Gasteiger partial charge in [-0.25, -0.2) is 4.98 Å². The zero-order valence-electron chi connectivity index (χ0n) is 14.6. The number of aliphatic imine (C=N–C) groups is 1. The van der Waals surface area contributed by atoms with Gasteiger partial charge in [-0.15, -0.1) is 24.0 Å². The fourth-order valence-electron chi connectivity index (χ4n) is 3.19. The molecule has 2 aromatic rings. The average Bonchev–Trinajstić information content (AvgIpc) is 2.99. The Kier molecular flexibility index (Phi) is 7.33. The van der Waals surface area contributed by atoms with E-state index in [1.54, 1.807) is 0 Å². The number of hydrogen-bond acceptors (Lipinski definition) is 2. The molecule has 0 unspecified atom stereocenters. The molecule has 6 heteroatoms. The Morgan fingerprint density at radius 3 is 2.79 bits per heavy atom. The molecule has 0 spiro atoms. The Bertz CT molecular complexity index is 658. The van der Waals surface area contributed by atoms with Gasteiger partial charge >= 0.3 is 0 Å². The molecule has 1 aliphatic rings. The molecule has 1 N–H and O–H groups in total. The molecule has 1 aliphatic heterocycles. The maximum Gasteiger partial charge on any atom is 0.193 e. The zero-order chi connectivity index (χ0) is 16.1. The van der Waals surface area contributed by atoms with E-state index in [0.29, 0.717) is 0 Å². The number of para-hydroxylation sites is 2. The first-order chi connectivity index (χ1) is 11.3. The van der Waals surface area contributed by atoms with Crippen LogP contribution in [0.5, 0.6) is 0 Å². The Hall–Kier alpha value is -1.31. The largest absolute Gasteiger partial charge is 0.356 e. The van der Waals surface area contributed by atoms with Crippen molar-refractivity contribution in [3.8, 4) is 0 Å². The van der Waals surface area contributed by atoms with Gasteiger partial charge in [0, 0.05) is 33.2 Å². The van der Waals surface area contributed by atoms with Crippen LogP contribution in [-0.2, 0) is 6.54 Å². The number of nitrogens with zero attached hydrogens (tertiary/aromatic N) is 4. The molecule has 1 aromatic carbocycles. The van der Waals surface area contributed by atoms with Crippen molar-refractivity contribution in [2.45, 2.75) is 32.7 Å². The van der Waals surface area contributed by atoms with E-state index in [0.717, 1.165) is 50.0 Å². The summed E-state index contributed by atoms with van der Waals surface area (Å²) >= 11 is 0. The summed E-state index contributed by atoms with van der Waals surface area (Å²) in [6, 6.07) is 8.29. The molecule has 0 amide bonds. The smallest absolute Gasteiger partial charge is 0.193 e.